The molecule has 1 heterocycles. The summed E-state index contributed by atoms with van der Waals surface area (Å²) in [5.74, 6) is 0.894. The van der Waals surface area contributed by atoms with Crippen molar-refractivity contribution in [2.75, 3.05) is 0 Å². The van der Waals surface area contributed by atoms with Gasteiger partial charge in [0.15, 0.2) is 0 Å². The van der Waals surface area contributed by atoms with Crippen molar-refractivity contribution < 1.29 is 0 Å². The average Bonchev–Trinajstić information content (AvgIpc) is 2.27. The number of aromatic nitrogens is 2. The molecule has 55 valence electrons. The summed E-state index contributed by atoms with van der Waals surface area (Å²) in [4.78, 5) is 7.29. The molecule has 0 aliphatic rings. The van der Waals surface area contributed by atoms with Crippen molar-refractivity contribution in [1.29, 1.82) is 0 Å². The van der Waals surface area contributed by atoms with Gasteiger partial charge in [0.25, 0.3) is 0 Å². The van der Waals surface area contributed by atoms with Crippen molar-refractivity contribution in [3.63, 3.8) is 0 Å². The number of aromatic amines is 1. The lowest BCUT2D eigenvalue weighted by molar-refractivity contribution is 1.17. The Morgan fingerprint density at radius 2 is 2.27 bits per heavy atom. The second-order valence-corrected chi connectivity index (χ2v) is 2.55. The van der Waals surface area contributed by atoms with Gasteiger partial charge in [0.2, 0.25) is 0 Å². The fourth-order valence-electron chi connectivity index (χ4n) is 1.13. The molecule has 2 rings (SSSR count). The van der Waals surface area contributed by atoms with Crippen molar-refractivity contribution >= 4 is 16.7 Å². The summed E-state index contributed by atoms with van der Waals surface area (Å²) in [5.41, 5.74) is 9.71. The van der Waals surface area contributed by atoms with E-state index >= 15 is 0 Å². The molecular weight excluding hydrogens is 138 g/mol. The van der Waals surface area contributed by atoms with E-state index in [-0.39, 0.29) is 0 Å². The van der Waals surface area contributed by atoms with Crippen LogP contribution in [0.25, 0.3) is 11.0 Å². The van der Waals surface area contributed by atoms with Crippen LogP contribution >= 0.6 is 0 Å². The molecule has 3 nitrogen and oxygen atoms in total. The van der Waals surface area contributed by atoms with E-state index in [9.17, 15) is 0 Å². The molecule has 2 aromatic rings. The van der Waals surface area contributed by atoms with E-state index in [1.54, 1.807) is 12.1 Å². The van der Waals surface area contributed by atoms with Crippen LogP contribution in [-0.4, -0.2) is 9.97 Å². The molecule has 1 aromatic heterocycles. The number of nitrogens with one attached hydrogen (secondary N) is 2. The topological polar surface area (TPSA) is 52.5 Å². The van der Waals surface area contributed by atoms with Gasteiger partial charge in [-0.05, 0) is 25.1 Å². The molecule has 0 aliphatic heterocycles. The van der Waals surface area contributed by atoms with Crippen LogP contribution < -0.4 is 5.73 Å². The monoisotopic (exact) mass is 146 g/mol. The maximum absolute atomic E-state index is 7.33. The van der Waals surface area contributed by atoms with Crippen LogP contribution in [-0.2, 0) is 0 Å². The summed E-state index contributed by atoms with van der Waals surface area (Å²) in [6.45, 7) is 1.91. The lowest BCUT2D eigenvalue weighted by atomic mass is 10.3. The zero-order valence-corrected chi connectivity index (χ0v) is 6.18. The Kier molecular flexibility index (Phi) is 1.12. The molecule has 0 atom stereocenters. The molecule has 0 bridgehead atoms. The van der Waals surface area contributed by atoms with Gasteiger partial charge in [-0.1, -0.05) is 0 Å². The van der Waals surface area contributed by atoms with Gasteiger partial charge < -0.3 is 10.7 Å². The highest BCUT2D eigenvalue weighted by Gasteiger charge is 1.97. The third-order valence-corrected chi connectivity index (χ3v) is 1.60. The summed E-state index contributed by atoms with van der Waals surface area (Å²) >= 11 is 0. The lowest BCUT2D eigenvalue weighted by Gasteiger charge is -1.88. The van der Waals surface area contributed by atoms with E-state index in [0.29, 0.717) is 5.69 Å². The van der Waals surface area contributed by atoms with Gasteiger partial charge in [-0.3, -0.25) is 0 Å². The van der Waals surface area contributed by atoms with E-state index in [0.717, 1.165) is 16.9 Å². The predicted octanol–water partition coefficient (Wildman–Crippen LogP) is 1.79. The standard InChI is InChI=1S/C8H8N3/c1-5-10-7-3-2-6(9)4-8(7)11-5/h2-4,9H,1H3,(H,10,11). The molecule has 0 saturated heterocycles. The number of hydrogen-bond donors (Lipinski definition) is 1. The molecule has 2 N–H and O–H groups in total. The summed E-state index contributed by atoms with van der Waals surface area (Å²) < 4.78 is 0. The van der Waals surface area contributed by atoms with E-state index in [1.807, 2.05) is 13.0 Å². The molecule has 1 aromatic carbocycles. The third-order valence-electron chi connectivity index (χ3n) is 1.60. The van der Waals surface area contributed by atoms with Gasteiger partial charge in [0.05, 0.1) is 16.7 Å². The number of rotatable bonds is 0. The van der Waals surface area contributed by atoms with Gasteiger partial charge >= 0.3 is 0 Å². The molecule has 0 unspecified atom stereocenters. The van der Waals surface area contributed by atoms with Crippen LogP contribution in [0.4, 0.5) is 5.69 Å². The van der Waals surface area contributed by atoms with E-state index in [1.165, 1.54) is 0 Å². The smallest absolute Gasteiger partial charge is 0.104 e. The highest BCUT2D eigenvalue weighted by atomic mass is 14.9. The fourth-order valence-corrected chi connectivity index (χ4v) is 1.13. The first-order valence-corrected chi connectivity index (χ1v) is 3.44. The summed E-state index contributed by atoms with van der Waals surface area (Å²) in [5, 5.41) is 0. The maximum Gasteiger partial charge on any atom is 0.104 e. The minimum Gasteiger partial charge on any atom is -0.342 e. The number of imidazole rings is 1. The van der Waals surface area contributed by atoms with Crippen molar-refractivity contribution in [3.05, 3.63) is 24.0 Å². The maximum atomic E-state index is 7.33. The molecule has 0 amide bonds. The third kappa shape index (κ3) is 0.941. The second-order valence-electron chi connectivity index (χ2n) is 2.55. The number of nitrogens with zero attached hydrogens (tertiary/aromatic N) is 1. The summed E-state index contributed by atoms with van der Waals surface area (Å²) in [6.07, 6.45) is 0. The Bertz CT molecular complexity index is 389. The molecule has 1 radical (unpaired) electrons. The molecule has 11 heavy (non-hydrogen) atoms. The normalized spacial score (nSPS) is 10.6. The van der Waals surface area contributed by atoms with E-state index < -0.39 is 0 Å². The Morgan fingerprint density at radius 1 is 1.45 bits per heavy atom. The van der Waals surface area contributed by atoms with Gasteiger partial charge in [-0.15, -0.1) is 0 Å². The Hall–Kier alpha value is -1.51. The Morgan fingerprint density at radius 3 is 3.09 bits per heavy atom. The highest BCUT2D eigenvalue weighted by molar-refractivity contribution is 5.78. The van der Waals surface area contributed by atoms with Crippen molar-refractivity contribution in [2.45, 2.75) is 6.92 Å². The first kappa shape index (κ1) is 6.22. The number of benzene rings is 1. The van der Waals surface area contributed by atoms with Crippen molar-refractivity contribution in [3.8, 4) is 0 Å². The van der Waals surface area contributed by atoms with E-state index in [4.69, 9.17) is 5.73 Å². The first-order valence-electron chi connectivity index (χ1n) is 3.44. The van der Waals surface area contributed by atoms with E-state index in [2.05, 4.69) is 9.97 Å². The van der Waals surface area contributed by atoms with Crippen molar-refractivity contribution in [2.24, 2.45) is 0 Å². The SMILES string of the molecule is Cc1nc2cc([NH])ccc2[nH]1. The molecule has 0 fully saturated rings. The van der Waals surface area contributed by atoms with Crippen LogP contribution in [0, 0.1) is 6.92 Å². The number of hydrogen-bond acceptors (Lipinski definition) is 1. The number of fused-ring (bicyclic) bond motifs is 1. The van der Waals surface area contributed by atoms with Crippen molar-refractivity contribution in [1.82, 2.24) is 15.7 Å². The van der Waals surface area contributed by atoms with Crippen LogP contribution in [0.5, 0.6) is 0 Å². The minimum absolute atomic E-state index is 0.504. The molecule has 3 heteroatoms. The zero-order valence-electron chi connectivity index (χ0n) is 6.18. The van der Waals surface area contributed by atoms with Crippen LogP contribution in [0.15, 0.2) is 18.2 Å². The number of aryl methyl sites for hydroxylation is 1. The second kappa shape index (κ2) is 1.99. The highest BCUT2D eigenvalue weighted by Crippen LogP contribution is 2.14. The van der Waals surface area contributed by atoms with Gasteiger partial charge in [0.1, 0.15) is 5.82 Å². The Labute approximate surface area is 64.2 Å². The quantitative estimate of drug-likeness (QED) is 0.605. The lowest BCUT2D eigenvalue weighted by Crippen LogP contribution is -1.70. The molecule has 0 saturated carbocycles. The van der Waals surface area contributed by atoms with Crippen LogP contribution in [0.2, 0.25) is 0 Å². The van der Waals surface area contributed by atoms with Crippen LogP contribution in [0.1, 0.15) is 5.82 Å². The molecular formula is C8H8N3. The minimum atomic E-state index is 0.504. The largest absolute Gasteiger partial charge is 0.342 e. The average molecular weight is 146 g/mol. The Balaban J connectivity index is 2.82. The van der Waals surface area contributed by atoms with Crippen LogP contribution in [0.3, 0.4) is 0 Å². The first-order chi connectivity index (χ1) is 5.25. The molecule has 0 spiro atoms. The fraction of sp³-hybridized carbons (Fsp3) is 0.125. The van der Waals surface area contributed by atoms with Gasteiger partial charge in [-0.2, -0.15) is 0 Å². The zero-order chi connectivity index (χ0) is 7.84. The number of H-pyrrole nitrogens is 1. The molecule has 0 aliphatic carbocycles. The van der Waals surface area contributed by atoms with Gasteiger partial charge in [-0.25, -0.2) is 4.98 Å². The summed E-state index contributed by atoms with van der Waals surface area (Å²) in [6, 6.07) is 5.37. The summed E-state index contributed by atoms with van der Waals surface area (Å²) in [7, 11) is 0. The van der Waals surface area contributed by atoms with Gasteiger partial charge in [0, 0.05) is 0 Å². The predicted molar refractivity (Wildman–Crippen MR) is 43.6 cm³/mol.